The van der Waals surface area contributed by atoms with Gasteiger partial charge in [0.05, 0.1) is 39.9 Å². The molecule has 0 saturated heterocycles. The Bertz CT molecular complexity index is 1100. The van der Waals surface area contributed by atoms with E-state index in [1.807, 2.05) is 21.1 Å². The average Bonchev–Trinajstić information content (AvgIpc) is 3.15. The number of likely N-dealkylation sites (N-methyl/N-ethyl adjacent to an activating group) is 1. The van der Waals surface area contributed by atoms with Gasteiger partial charge in [-0.1, -0.05) is 177 Å². The van der Waals surface area contributed by atoms with Crippen molar-refractivity contribution in [2.45, 2.75) is 193 Å². The Hall–Kier alpha value is -1.80. The van der Waals surface area contributed by atoms with Gasteiger partial charge in [-0.3, -0.25) is 13.8 Å². The largest absolute Gasteiger partial charge is 0.472 e. The van der Waals surface area contributed by atoms with E-state index in [0.29, 0.717) is 23.9 Å². The van der Waals surface area contributed by atoms with E-state index in [0.717, 1.165) is 77.0 Å². The molecule has 3 atom stereocenters. The van der Waals surface area contributed by atoms with Crippen molar-refractivity contribution in [3.63, 3.8) is 0 Å². The number of rotatable bonds is 40. The van der Waals surface area contributed by atoms with Crippen LogP contribution in [0.2, 0.25) is 0 Å². The molecule has 0 heterocycles. The third-order valence-electron chi connectivity index (χ3n) is 9.78. The number of carbonyl (C=O) groups is 1. The SMILES string of the molecule is CC/C=C\C/C=C\C/C=C\C/C=C\C/C=C\CCCCCCCCCCCC(=O)NC(COP(=O)(O)OCC[N+](C)(C)C)C(O)CCCCCCCCCCC. The van der Waals surface area contributed by atoms with Crippen molar-refractivity contribution < 1.29 is 32.9 Å². The van der Waals surface area contributed by atoms with Crippen molar-refractivity contribution in [3.05, 3.63) is 60.8 Å². The number of aliphatic hydroxyl groups excluding tert-OH is 1. The molecule has 9 heteroatoms. The average molecular weight is 808 g/mol. The number of hydrogen-bond acceptors (Lipinski definition) is 5. The molecule has 0 spiro atoms. The van der Waals surface area contributed by atoms with E-state index in [-0.39, 0.29) is 19.1 Å². The molecule has 0 aromatic rings. The van der Waals surface area contributed by atoms with E-state index in [1.165, 1.54) is 77.0 Å². The molecule has 0 fully saturated rings. The van der Waals surface area contributed by atoms with Gasteiger partial charge < -0.3 is 19.8 Å². The predicted octanol–water partition coefficient (Wildman–Crippen LogP) is 12.6. The second-order valence-electron chi connectivity index (χ2n) is 16.4. The molecule has 0 aliphatic rings. The minimum absolute atomic E-state index is 0.0705. The lowest BCUT2D eigenvalue weighted by atomic mass is 10.0. The third-order valence-corrected chi connectivity index (χ3v) is 10.8. The second kappa shape index (κ2) is 38.7. The Morgan fingerprint density at radius 3 is 1.57 bits per heavy atom. The predicted molar refractivity (Wildman–Crippen MR) is 240 cm³/mol. The number of allylic oxidation sites excluding steroid dienone is 10. The van der Waals surface area contributed by atoms with Crippen LogP contribution < -0.4 is 5.32 Å². The highest BCUT2D eigenvalue weighted by Crippen LogP contribution is 2.43. The molecule has 0 aliphatic carbocycles. The molecule has 326 valence electrons. The Morgan fingerprint density at radius 2 is 1.07 bits per heavy atom. The number of nitrogens with zero attached hydrogens (tertiary/aromatic N) is 1. The molecule has 0 radical (unpaired) electrons. The lowest BCUT2D eigenvalue weighted by Crippen LogP contribution is -2.46. The number of carbonyl (C=O) groups excluding carboxylic acids is 1. The lowest BCUT2D eigenvalue weighted by Gasteiger charge is -2.26. The first-order chi connectivity index (χ1) is 27.0. The summed E-state index contributed by atoms with van der Waals surface area (Å²) in [5.41, 5.74) is 0. The molecule has 1 amide bonds. The van der Waals surface area contributed by atoms with Gasteiger partial charge in [0, 0.05) is 6.42 Å². The summed E-state index contributed by atoms with van der Waals surface area (Å²) >= 11 is 0. The first-order valence-corrected chi connectivity index (χ1v) is 24.1. The van der Waals surface area contributed by atoms with Gasteiger partial charge in [-0.2, -0.15) is 0 Å². The monoisotopic (exact) mass is 808 g/mol. The van der Waals surface area contributed by atoms with Crippen LogP contribution in [0.25, 0.3) is 0 Å². The standard InChI is InChI=1S/C47H87N2O6P/c1-6-8-10-12-14-16-17-18-19-20-21-22-23-24-25-26-27-28-29-30-31-33-35-37-39-41-47(51)48-45(44-55-56(52,53)54-43-42-49(3,4)5)46(50)40-38-36-34-32-15-13-11-9-7-2/h8,10,14,16,18-19,21-22,24-25,45-46,50H,6-7,9,11-13,15,17,20,23,26-44H2,1-5H3,(H-,48,51,52,53)/p+1/b10-8-,16-14-,19-18-,22-21-,25-24-. The summed E-state index contributed by atoms with van der Waals surface area (Å²) < 4.78 is 23.6. The molecule has 0 rings (SSSR count). The van der Waals surface area contributed by atoms with E-state index in [1.54, 1.807) is 0 Å². The summed E-state index contributed by atoms with van der Waals surface area (Å²) in [6, 6.07) is -0.764. The number of nitrogens with one attached hydrogen (secondary N) is 1. The van der Waals surface area contributed by atoms with Gasteiger partial charge in [-0.25, -0.2) is 4.57 Å². The van der Waals surface area contributed by atoms with E-state index in [4.69, 9.17) is 9.05 Å². The van der Waals surface area contributed by atoms with Gasteiger partial charge >= 0.3 is 7.82 Å². The molecule has 0 aromatic heterocycles. The topological polar surface area (TPSA) is 105 Å². The zero-order valence-corrected chi connectivity index (χ0v) is 37.8. The van der Waals surface area contributed by atoms with Crippen molar-refractivity contribution >= 4 is 13.7 Å². The number of phosphoric ester groups is 1. The van der Waals surface area contributed by atoms with Crippen LogP contribution in [0, 0.1) is 0 Å². The summed E-state index contributed by atoms with van der Waals surface area (Å²) in [6.45, 7) is 4.73. The maximum absolute atomic E-state index is 12.9. The molecular weight excluding hydrogens is 719 g/mol. The van der Waals surface area contributed by atoms with Gasteiger partial charge in [-0.05, 0) is 57.8 Å². The van der Waals surface area contributed by atoms with Gasteiger partial charge in [0.25, 0.3) is 0 Å². The summed E-state index contributed by atoms with van der Waals surface area (Å²) in [5.74, 6) is -0.157. The Balaban J connectivity index is 4.20. The van der Waals surface area contributed by atoms with Crippen LogP contribution >= 0.6 is 7.82 Å². The second-order valence-corrected chi connectivity index (χ2v) is 17.9. The van der Waals surface area contributed by atoms with Crippen LogP contribution in [0.3, 0.4) is 0 Å². The highest BCUT2D eigenvalue weighted by molar-refractivity contribution is 7.47. The Morgan fingerprint density at radius 1 is 0.625 bits per heavy atom. The number of aliphatic hydroxyl groups is 1. The summed E-state index contributed by atoms with van der Waals surface area (Å²) in [4.78, 5) is 23.1. The Labute approximate surface area is 345 Å². The van der Waals surface area contributed by atoms with Crippen LogP contribution in [-0.2, 0) is 18.4 Å². The van der Waals surface area contributed by atoms with Crippen LogP contribution in [-0.4, -0.2) is 73.4 Å². The molecule has 56 heavy (non-hydrogen) atoms. The summed E-state index contributed by atoms with van der Waals surface area (Å²) in [7, 11) is 1.60. The van der Waals surface area contributed by atoms with E-state index >= 15 is 0 Å². The van der Waals surface area contributed by atoms with Crippen molar-refractivity contribution in [2.24, 2.45) is 0 Å². The maximum Gasteiger partial charge on any atom is 0.472 e. The number of unbranched alkanes of at least 4 members (excludes halogenated alkanes) is 17. The molecular formula is C47H88N2O6P+. The zero-order chi connectivity index (χ0) is 41.4. The fraction of sp³-hybridized carbons (Fsp3) is 0.766. The Kier molecular flexibility index (Phi) is 37.5. The van der Waals surface area contributed by atoms with Crippen LogP contribution in [0.15, 0.2) is 60.8 Å². The van der Waals surface area contributed by atoms with E-state index in [9.17, 15) is 19.4 Å². The molecule has 0 aromatic carbocycles. The highest BCUT2D eigenvalue weighted by Gasteiger charge is 2.28. The lowest BCUT2D eigenvalue weighted by molar-refractivity contribution is -0.870. The van der Waals surface area contributed by atoms with Crippen molar-refractivity contribution in [1.82, 2.24) is 5.32 Å². The van der Waals surface area contributed by atoms with Crippen molar-refractivity contribution in [3.8, 4) is 0 Å². The molecule has 3 unspecified atom stereocenters. The van der Waals surface area contributed by atoms with Gasteiger partial charge in [0.2, 0.25) is 5.91 Å². The molecule has 0 saturated carbocycles. The smallest absolute Gasteiger partial charge is 0.391 e. The molecule has 3 N–H and O–H groups in total. The fourth-order valence-electron chi connectivity index (χ4n) is 6.19. The quantitative estimate of drug-likeness (QED) is 0.0246. The first-order valence-electron chi connectivity index (χ1n) is 22.7. The first kappa shape index (κ1) is 54.2. The fourth-order valence-corrected chi connectivity index (χ4v) is 6.92. The highest BCUT2D eigenvalue weighted by atomic mass is 31.2. The minimum atomic E-state index is -4.31. The molecule has 0 bridgehead atoms. The summed E-state index contributed by atoms with van der Waals surface area (Å²) in [5, 5.41) is 13.9. The van der Waals surface area contributed by atoms with Gasteiger partial charge in [0.1, 0.15) is 13.2 Å². The van der Waals surface area contributed by atoms with E-state index < -0.39 is 20.0 Å². The summed E-state index contributed by atoms with van der Waals surface area (Å²) in [6.07, 6.45) is 49.7. The molecule has 8 nitrogen and oxygen atoms in total. The number of amides is 1. The molecule has 0 aliphatic heterocycles. The minimum Gasteiger partial charge on any atom is -0.391 e. The van der Waals surface area contributed by atoms with Crippen LogP contribution in [0.1, 0.15) is 181 Å². The number of quaternary nitrogens is 1. The van der Waals surface area contributed by atoms with Crippen molar-refractivity contribution in [1.29, 1.82) is 0 Å². The van der Waals surface area contributed by atoms with Crippen LogP contribution in [0.5, 0.6) is 0 Å². The normalized spacial score (nSPS) is 14.9. The third kappa shape index (κ3) is 40.4. The number of hydrogen-bond donors (Lipinski definition) is 3. The van der Waals surface area contributed by atoms with Gasteiger partial charge in [0.15, 0.2) is 0 Å². The van der Waals surface area contributed by atoms with Crippen LogP contribution in [0.4, 0.5) is 0 Å². The van der Waals surface area contributed by atoms with E-state index in [2.05, 4.69) is 79.9 Å². The zero-order valence-electron chi connectivity index (χ0n) is 36.9. The van der Waals surface area contributed by atoms with Gasteiger partial charge in [-0.15, -0.1) is 0 Å². The maximum atomic E-state index is 12.9. The van der Waals surface area contributed by atoms with Crippen molar-refractivity contribution in [2.75, 3.05) is 40.9 Å². The number of phosphoric acid groups is 1.